The van der Waals surface area contributed by atoms with Gasteiger partial charge in [0.15, 0.2) is 0 Å². The van der Waals surface area contributed by atoms with Gasteiger partial charge in [-0.05, 0) is 25.1 Å². The van der Waals surface area contributed by atoms with Crippen molar-refractivity contribution in [1.29, 1.82) is 0 Å². The molecule has 0 heterocycles. The van der Waals surface area contributed by atoms with Crippen LogP contribution in [0.1, 0.15) is 17.3 Å². The highest BCUT2D eigenvalue weighted by Gasteiger charge is 2.10. The molecule has 0 aliphatic rings. The number of nitrogens with one attached hydrogen (secondary N) is 1. The van der Waals surface area contributed by atoms with Crippen LogP contribution in [0.4, 0.5) is 5.69 Å². The molecule has 0 saturated carbocycles. The number of aliphatic hydroxyl groups excluding tert-OH is 1. The van der Waals surface area contributed by atoms with Gasteiger partial charge in [-0.25, -0.2) is 4.79 Å². The predicted molar refractivity (Wildman–Crippen MR) is 58.1 cm³/mol. The molecule has 86 valence electrons. The zero-order chi connectivity index (χ0) is 12.1. The molecule has 1 rings (SSSR count). The summed E-state index contributed by atoms with van der Waals surface area (Å²) in [5, 5.41) is 11.5. The number of hydrogen-bond acceptors (Lipinski definition) is 4. The zero-order valence-corrected chi connectivity index (χ0v) is 9.06. The first-order valence-corrected chi connectivity index (χ1v) is 4.72. The Hall–Kier alpha value is -1.88. The van der Waals surface area contributed by atoms with E-state index in [1.807, 2.05) is 0 Å². The molecule has 0 bridgehead atoms. The van der Waals surface area contributed by atoms with Crippen LogP contribution in [0.5, 0.6) is 0 Å². The van der Waals surface area contributed by atoms with Gasteiger partial charge >= 0.3 is 5.97 Å². The summed E-state index contributed by atoms with van der Waals surface area (Å²) in [6, 6.07) is 6.28. The third kappa shape index (κ3) is 3.06. The van der Waals surface area contributed by atoms with E-state index in [0.717, 1.165) is 0 Å². The second-order valence-electron chi connectivity index (χ2n) is 3.24. The van der Waals surface area contributed by atoms with Gasteiger partial charge in [0.25, 0.3) is 5.91 Å². The molecular formula is C11H13NO4. The molecule has 0 saturated heterocycles. The molecule has 0 spiro atoms. The van der Waals surface area contributed by atoms with E-state index in [-0.39, 0.29) is 0 Å². The quantitative estimate of drug-likeness (QED) is 0.743. The van der Waals surface area contributed by atoms with Crippen molar-refractivity contribution in [3.05, 3.63) is 29.8 Å². The molecule has 0 fully saturated rings. The lowest BCUT2D eigenvalue weighted by Gasteiger charge is -2.07. The van der Waals surface area contributed by atoms with Crippen LogP contribution in [0.3, 0.4) is 0 Å². The third-order valence-electron chi connectivity index (χ3n) is 1.93. The Morgan fingerprint density at radius 3 is 2.69 bits per heavy atom. The van der Waals surface area contributed by atoms with E-state index in [1.165, 1.54) is 20.1 Å². The van der Waals surface area contributed by atoms with Crippen molar-refractivity contribution in [3.8, 4) is 0 Å². The van der Waals surface area contributed by atoms with Gasteiger partial charge in [0.05, 0.1) is 12.7 Å². The number of carbonyl (C=O) groups is 2. The molecule has 0 aliphatic carbocycles. The van der Waals surface area contributed by atoms with Crippen LogP contribution in [0.2, 0.25) is 0 Å². The molecule has 0 aliphatic heterocycles. The smallest absolute Gasteiger partial charge is 0.337 e. The van der Waals surface area contributed by atoms with Gasteiger partial charge in [-0.3, -0.25) is 4.79 Å². The van der Waals surface area contributed by atoms with Gasteiger partial charge in [-0.1, -0.05) is 6.07 Å². The number of methoxy groups -OCH3 is 1. The Kier molecular flexibility index (Phi) is 4.02. The first kappa shape index (κ1) is 12.2. The number of benzene rings is 1. The molecular weight excluding hydrogens is 210 g/mol. The number of carbonyl (C=O) groups excluding carboxylic acids is 2. The molecule has 1 atom stereocenters. The van der Waals surface area contributed by atoms with Crippen LogP contribution in [0, 0.1) is 0 Å². The van der Waals surface area contributed by atoms with Crippen molar-refractivity contribution >= 4 is 17.6 Å². The van der Waals surface area contributed by atoms with E-state index in [4.69, 9.17) is 5.11 Å². The fourth-order valence-electron chi connectivity index (χ4n) is 1.09. The van der Waals surface area contributed by atoms with Gasteiger partial charge in [0, 0.05) is 5.69 Å². The van der Waals surface area contributed by atoms with Gasteiger partial charge in [-0.15, -0.1) is 0 Å². The van der Waals surface area contributed by atoms with Gasteiger partial charge in [-0.2, -0.15) is 0 Å². The minimum absolute atomic E-state index is 0.339. The average molecular weight is 223 g/mol. The molecule has 1 aromatic rings. The summed E-state index contributed by atoms with van der Waals surface area (Å²) in [5.41, 5.74) is 0.777. The maximum atomic E-state index is 11.2. The lowest BCUT2D eigenvalue weighted by Crippen LogP contribution is -2.24. The molecule has 0 aromatic heterocycles. The van der Waals surface area contributed by atoms with Crippen LogP contribution in [0.15, 0.2) is 24.3 Å². The number of amides is 1. The summed E-state index contributed by atoms with van der Waals surface area (Å²) >= 11 is 0. The van der Waals surface area contributed by atoms with Crippen LogP contribution >= 0.6 is 0 Å². The van der Waals surface area contributed by atoms with Gasteiger partial charge < -0.3 is 15.2 Å². The van der Waals surface area contributed by atoms with Gasteiger partial charge in [0.1, 0.15) is 6.10 Å². The van der Waals surface area contributed by atoms with Crippen LogP contribution in [-0.4, -0.2) is 30.2 Å². The molecule has 2 N–H and O–H groups in total. The van der Waals surface area contributed by atoms with Crippen molar-refractivity contribution in [2.45, 2.75) is 13.0 Å². The SMILES string of the molecule is COC(=O)c1cccc(NC(=O)C(C)O)c1. The number of hydrogen-bond donors (Lipinski definition) is 2. The second-order valence-corrected chi connectivity index (χ2v) is 3.24. The summed E-state index contributed by atoms with van der Waals surface area (Å²) in [6.45, 7) is 1.36. The van der Waals surface area contributed by atoms with E-state index in [9.17, 15) is 9.59 Å². The third-order valence-corrected chi connectivity index (χ3v) is 1.93. The number of anilines is 1. The summed E-state index contributed by atoms with van der Waals surface area (Å²) in [7, 11) is 1.28. The highest BCUT2D eigenvalue weighted by Crippen LogP contribution is 2.11. The summed E-state index contributed by atoms with van der Waals surface area (Å²) in [6.07, 6.45) is -1.10. The lowest BCUT2D eigenvalue weighted by atomic mass is 10.2. The molecule has 5 nitrogen and oxygen atoms in total. The second kappa shape index (κ2) is 5.27. The standard InChI is InChI=1S/C11H13NO4/c1-7(13)10(14)12-9-5-3-4-8(6-9)11(15)16-2/h3-7,13H,1-2H3,(H,12,14). The number of esters is 1. The van der Waals surface area contributed by atoms with Crippen molar-refractivity contribution in [1.82, 2.24) is 0 Å². The molecule has 1 amide bonds. The highest BCUT2D eigenvalue weighted by atomic mass is 16.5. The van der Waals surface area contributed by atoms with Crippen LogP contribution in [-0.2, 0) is 9.53 Å². The monoisotopic (exact) mass is 223 g/mol. The Balaban J connectivity index is 2.83. The normalized spacial score (nSPS) is 11.7. The summed E-state index contributed by atoms with van der Waals surface area (Å²) < 4.78 is 4.54. The zero-order valence-electron chi connectivity index (χ0n) is 9.06. The Labute approximate surface area is 93.0 Å². The molecule has 1 unspecified atom stereocenters. The van der Waals surface area contributed by atoms with E-state index >= 15 is 0 Å². The van der Waals surface area contributed by atoms with Gasteiger partial charge in [0.2, 0.25) is 0 Å². The maximum absolute atomic E-state index is 11.2. The van der Waals surface area contributed by atoms with E-state index in [1.54, 1.807) is 18.2 Å². The highest BCUT2D eigenvalue weighted by molar-refractivity contribution is 5.96. The summed E-state index contributed by atoms with van der Waals surface area (Å²) in [5.74, 6) is -1.00. The lowest BCUT2D eigenvalue weighted by molar-refractivity contribution is -0.123. The minimum atomic E-state index is -1.10. The molecule has 0 radical (unpaired) electrons. The molecule has 1 aromatic carbocycles. The average Bonchev–Trinajstić information content (AvgIpc) is 2.28. The summed E-state index contributed by atoms with van der Waals surface area (Å²) in [4.78, 5) is 22.4. The Morgan fingerprint density at radius 1 is 1.44 bits per heavy atom. The van der Waals surface area contributed by atoms with Crippen LogP contribution < -0.4 is 5.32 Å². The number of aliphatic hydroxyl groups is 1. The Morgan fingerprint density at radius 2 is 2.12 bits per heavy atom. The van der Waals surface area contributed by atoms with Crippen molar-refractivity contribution in [2.24, 2.45) is 0 Å². The first-order chi connectivity index (χ1) is 7.54. The van der Waals surface area contributed by atoms with Crippen LogP contribution in [0.25, 0.3) is 0 Å². The van der Waals surface area contributed by atoms with Crippen molar-refractivity contribution in [2.75, 3.05) is 12.4 Å². The predicted octanol–water partition coefficient (Wildman–Crippen LogP) is 0.792. The number of ether oxygens (including phenoxy) is 1. The van der Waals surface area contributed by atoms with Crippen molar-refractivity contribution < 1.29 is 19.4 Å². The maximum Gasteiger partial charge on any atom is 0.337 e. The largest absolute Gasteiger partial charge is 0.465 e. The molecule has 16 heavy (non-hydrogen) atoms. The van der Waals surface area contributed by atoms with E-state index in [2.05, 4.69) is 10.1 Å². The fraction of sp³-hybridized carbons (Fsp3) is 0.273. The Bertz CT molecular complexity index is 401. The number of rotatable bonds is 3. The molecule has 5 heteroatoms. The first-order valence-electron chi connectivity index (χ1n) is 4.72. The topological polar surface area (TPSA) is 75.6 Å². The van der Waals surface area contributed by atoms with E-state index in [0.29, 0.717) is 11.3 Å². The minimum Gasteiger partial charge on any atom is -0.465 e. The van der Waals surface area contributed by atoms with E-state index < -0.39 is 18.0 Å². The fourth-order valence-corrected chi connectivity index (χ4v) is 1.09. The van der Waals surface area contributed by atoms with Crippen molar-refractivity contribution in [3.63, 3.8) is 0 Å².